The average Bonchev–Trinajstić information content (AvgIpc) is 3.35. The molecule has 3 heterocycles. The Labute approximate surface area is 240 Å². The number of fused-ring (bicyclic) bond motifs is 1. The summed E-state index contributed by atoms with van der Waals surface area (Å²) in [6.07, 6.45) is 2.59. The van der Waals surface area contributed by atoms with Crippen LogP contribution < -0.4 is 20.4 Å². The van der Waals surface area contributed by atoms with Gasteiger partial charge in [-0.15, -0.1) is 0 Å². The predicted molar refractivity (Wildman–Crippen MR) is 155 cm³/mol. The fourth-order valence-electron chi connectivity index (χ4n) is 4.56. The van der Waals surface area contributed by atoms with Crippen molar-refractivity contribution in [3.05, 3.63) is 24.4 Å². The van der Waals surface area contributed by atoms with Crippen molar-refractivity contribution in [1.29, 1.82) is 0 Å². The van der Waals surface area contributed by atoms with Gasteiger partial charge < -0.3 is 30.1 Å². The molecular formula is C27H37N7O6S. The second-order valence-corrected chi connectivity index (χ2v) is 13.6. The summed E-state index contributed by atoms with van der Waals surface area (Å²) in [7, 11) is -1.97. The summed E-state index contributed by atoms with van der Waals surface area (Å²) in [4.78, 5) is 51.7. The van der Waals surface area contributed by atoms with Gasteiger partial charge in [0.2, 0.25) is 17.8 Å². The molecule has 1 saturated heterocycles. The minimum Gasteiger partial charge on any atom is -0.444 e. The zero-order valence-corrected chi connectivity index (χ0v) is 25.2. The number of rotatable bonds is 6. The van der Waals surface area contributed by atoms with Crippen molar-refractivity contribution in [2.45, 2.75) is 57.6 Å². The minimum absolute atomic E-state index is 0.00589. The van der Waals surface area contributed by atoms with Gasteiger partial charge in [0.05, 0.1) is 23.6 Å². The van der Waals surface area contributed by atoms with Gasteiger partial charge in [-0.2, -0.15) is 4.98 Å². The highest BCUT2D eigenvalue weighted by Gasteiger charge is 2.34. The zero-order chi connectivity index (χ0) is 30.3. The van der Waals surface area contributed by atoms with Crippen molar-refractivity contribution < 1.29 is 27.5 Å². The first kappa shape index (κ1) is 30.0. The molecule has 1 unspecified atom stereocenters. The molecule has 1 atom stereocenters. The van der Waals surface area contributed by atoms with Crippen LogP contribution in [0.5, 0.6) is 0 Å². The topological polar surface area (TPSA) is 154 Å². The van der Waals surface area contributed by atoms with Gasteiger partial charge in [0.25, 0.3) is 0 Å². The van der Waals surface area contributed by atoms with Crippen LogP contribution in [0.4, 0.5) is 33.6 Å². The fraction of sp³-hybridized carbons (Fsp3) is 0.519. The normalized spacial score (nSPS) is 17.5. The molecule has 0 aliphatic carbocycles. The molecule has 1 aromatic carbocycles. The van der Waals surface area contributed by atoms with Gasteiger partial charge >= 0.3 is 6.09 Å². The Kier molecular flexibility index (Phi) is 8.16. The summed E-state index contributed by atoms with van der Waals surface area (Å²) in [5, 5.41) is 5.84. The van der Waals surface area contributed by atoms with Crippen LogP contribution in [0.3, 0.4) is 0 Å². The lowest BCUT2D eigenvalue weighted by Crippen LogP contribution is -2.47. The van der Waals surface area contributed by atoms with Crippen molar-refractivity contribution in [3.8, 4) is 0 Å². The van der Waals surface area contributed by atoms with E-state index in [-0.39, 0.29) is 47.5 Å². The van der Waals surface area contributed by atoms with Gasteiger partial charge in [0.1, 0.15) is 11.3 Å². The van der Waals surface area contributed by atoms with Crippen LogP contribution in [-0.2, 0) is 24.2 Å². The molecule has 0 bridgehead atoms. The Morgan fingerprint density at radius 1 is 1.15 bits per heavy atom. The van der Waals surface area contributed by atoms with E-state index >= 15 is 0 Å². The number of hydrogen-bond donors (Lipinski definition) is 2. The summed E-state index contributed by atoms with van der Waals surface area (Å²) < 4.78 is 30.3. The number of carbonyl (C=O) groups excluding carboxylic acids is 3. The van der Waals surface area contributed by atoms with E-state index in [1.54, 1.807) is 33.9 Å². The average molecular weight is 588 g/mol. The molecule has 222 valence electrons. The van der Waals surface area contributed by atoms with Gasteiger partial charge in [-0.3, -0.25) is 9.59 Å². The molecule has 41 heavy (non-hydrogen) atoms. The van der Waals surface area contributed by atoms with Crippen LogP contribution in [0, 0.1) is 5.92 Å². The molecule has 2 aliphatic heterocycles. The number of likely N-dealkylation sites (N-methyl/N-ethyl adjacent to an activating group) is 1. The lowest BCUT2D eigenvalue weighted by atomic mass is 10.1. The van der Waals surface area contributed by atoms with E-state index in [2.05, 4.69) is 20.6 Å². The minimum atomic E-state index is -3.63. The smallest absolute Gasteiger partial charge is 0.410 e. The summed E-state index contributed by atoms with van der Waals surface area (Å²) in [5.41, 5.74) is 0.537. The number of amides is 3. The molecule has 1 aromatic heterocycles. The van der Waals surface area contributed by atoms with E-state index in [1.165, 1.54) is 28.1 Å². The molecule has 2 aromatic rings. The SMILES string of the molecule is CC(C)N1CC(=O)N(C)c2cnc(Nc3cc(NC(=O)C4CCN(C(=O)OC(C)(C)C)C4)cc(S(C)(=O)=O)c3)nc21. The number of anilines is 5. The van der Waals surface area contributed by atoms with Crippen molar-refractivity contribution in [3.63, 3.8) is 0 Å². The number of benzene rings is 1. The Morgan fingerprint density at radius 3 is 2.46 bits per heavy atom. The third-order valence-corrected chi connectivity index (χ3v) is 7.85. The van der Waals surface area contributed by atoms with Gasteiger partial charge in [-0.05, 0) is 59.2 Å². The molecular weight excluding hydrogens is 550 g/mol. The van der Waals surface area contributed by atoms with Crippen molar-refractivity contribution in [2.24, 2.45) is 5.92 Å². The predicted octanol–water partition coefficient (Wildman–Crippen LogP) is 3.01. The number of sulfone groups is 1. The Hall–Kier alpha value is -3.94. The number of aromatic nitrogens is 2. The first-order valence-corrected chi connectivity index (χ1v) is 15.2. The summed E-state index contributed by atoms with van der Waals surface area (Å²) in [5.74, 6) is -0.121. The Balaban J connectivity index is 1.56. The molecule has 0 spiro atoms. The number of hydrogen-bond acceptors (Lipinski definition) is 10. The Bertz CT molecular complexity index is 1470. The van der Waals surface area contributed by atoms with Gasteiger partial charge in [-0.1, -0.05) is 0 Å². The number of likely N-dealkylation sites (tertiary alicyclic amines) is 1. The zero-order valence-electron chi connectivity index (χ0n) is 24.4. The van der Waals surface area contributed by atoms with Crippen LogP contribution in [0.25, 0.3) is 0 Å². The van der Waals surface area contributed by atoms with E-state index < -0.39 is 27.4 Å². The standard InChI is InChI=1S/C27H37N7O6S/c1-16(2)34-15-22(35)32(6)21-13-28-25(31-23(21)34)30-19-10-18(11-20(12-19)41(7,38)39)29-24(36)17-8-9-33(14-17)26(37)40-27(3,4)5/h10-13,16-17H,8-9,14-15H2,1-7H3,(H,29,36)(H,28,30,31). The van der Waals surface area contributed by atoms with Crippen LogP contribution >= 0.6 is 0 Å². The van der Waals surface area contributed by atoms with E-state index in [1.807, 2.05) is 18.7 Å². The van der Waals surface area contributed by atoms with Crippen LogP contribution in [-0.4, -0.2) is 85.8 Å². The summed E-state index contributed by atoms with van der Waals surface area (Å²) in [6.45, 7) is 10.0. The molecule has 2 N–H and O–H groups in total. The monoisotopic (exact) mass is 587 g/mol. The Morgan fingerprint density at radius 2 is 1.83 bits per heavy atom. The van der Waals surface area contributed by atoms with E-state index in [4.69, 9.17) is 4.74 Å². The molecule has 14 heteroatoms. The maximum absolute atomic E-state index is 13.1. The van der Waals surface area contributed by atoms with Crippen LogP contribution in [0.1, 0.15) is 41.0 Å². The van der Waals surface area contributed by atoms with Crippen molar-refractivity contribution >= 4 is 56.6 Å². The first-order chi connectivity index (χ1) is 19.0. The molecule has 0 radical (unpaired) electrons. The number of ether oxygens (including phenoxy) is 1. The number of nitrogens with zero attached hydrogens (tertiary/aromatic N) is 5. The van der Waals surface area contributed by atoms with Gasteiger partial charge in [0.15, 0.2) is 15.7 Å². The van der Waals surface area contributed by atoms with E-state index in [9.17, 15) is 22.8 Å². The highest BCUT2D eigenvalue weighted by atomic mass is 32.2. The molecule has 13 nitrogen and oxygen atoms in total. The van der Waals surface area contributed by atoms with E-state index in [0.717, 1.165) is 6.26 Å². The first-order valence-electron chi connectivity index (χ1n) is 13.3. The highest BCUT2D eigenvalue weighted by Crippen LogP contribution is 2.33. The lowest BCUT2D eigenvalue weighted by Gasteiger charge is -2.36. The van der Waals surface area contributed by atoms with E-state index in [0.29, 0.717) is 30.2 Å². The molecule has 0 saturated carbocycles. The summed E-state index contributed by atoms with van der Waals surface area (Å²) in [6, 6.07) is 4.41. The molecule has 3 amide bonds. The van der Waals surface area contributed by atoms with Crippen LogP contribution in [0.2, 0.25) is 0 Å². The molecule has 4 rings (SSSR count). The molecule has 2 aliphatic rings. The highest BCUT2D eigenvalue weighted by molar-refractivity contribution is 7.90. The third-order valence-electron chi connectivity index (χ3n) is 6.76. The van der Waals surface area contributed by atoms with Gasteiger partial charge in [-0.25, -0.2) is 18.2 Å². The largest absolute Gasteiger partial charge is 0.444 e. The maximum atomic E-state index is 13.1. The third kappa shape index (κ3) is 7.04. The summed E-state index contributed by atoms with van der Waals surface area (Å²) >= 11 is 0. The van der Waals surface area contributed by atoms with Crippen molar-refractivity contribution in [2.75, 3.05) is 53.4 Å². The maximum Gasteiger partial charge on any atom is 0.410 e. The number of nitrogens with one attached hydrogen (secondary N) is 2. The number of carbonyl (C=O) groups is 3. The second-order valence-electron chi connectivity index (χ2n) is 11.6. The fourth-order valence-corrected chi connectivity index (χ4v) is 5.24. The quantitative estimate of drug-likeness (QED) is 0.515. The van der Waals surface area contributed by atoms with Gasteiger partial charge in [0, 0.05) is 43.8 Å². The second kappa shape index (κ2) is 11.1. The lowest BCUT2D eigenvalue weighted by molar-refractivity contribution is -0.119. The van der Waals surface area contributed by atoms with Crippen LogP contribution in [0.15, 0.2) is 29.3 Å². The van der Waals surface area contributed by atoms with Crippen molar-refractivity contribution in [1.82, 2.24) is 14.9 Å². The molecule has 1 fully saturated rings.